The van der Waals surface area contributed by atoms with E-state index in [1.165, 1.54) is 0 Å². The third-order valence-electron chi connectivity index (χ3n) is 5.96. The number of nitrogens with two attached hydrogens (primary N) is 1. The lowest BCUT2D eigenvalue weighted by atomic mass is 9.99. The first-order valence-electron chi connectivity index (χ1n) is 12.0. The minimum absolute atomic E-state index is 0.0362. The lowest BCUT2D eigenvalue weighted by Crippen LogP contribution is -2.37. The van der Waals surface area contributed by atoms with Gasteiger partial charge in [0.05, 0.1) is 18.0 Å². The van der Waals surface area contributed by atoms with Crippen LogP contribution < -0.4 is 16.4 Å². The average molecular weight is 502 g/mol. The fourth-order valence-corrected chi connectivity index (χ4v) is 4.99. The quantitative estimate of drug-likeness (QED) is 0.298. The highest BCUT2D eigenvalue weighted by Crippen LogP contribution is 2.33. The number of piperidine rings is 1. The van der Waals surface area contributed by atoms with Crippen LogP contribution in [-0.4, -0.2) is 34.1 Å². The molecule has 2 heterocycles. The molecule has 186 valence electrons. The summed E-state index contributed by atoms with van der Waals surface area (Å²) in [6.45, 7) is 2.47. The highest BCUT2D eigenvalue weighted by molar-refractivity contribution is 7.99. The van der Waals surface area contributed by atoms with E-state index in [9.17, 15) is 9.90 Å². The number of nitrogens with one attached hydrogen (secondary N) is 2. The summed E-state index contributed by atoms with van der Waals surface area (Å²) in [4.78, 5) is 21.7. The fraction of sp³-hybridized carbons (Fsp3) is 0.250. The second-order valence-corrected chi connectivity index (χ2v) is 9.61. The molecule has 0 radical (unpaired) electrons. The van der Waals surface area contributed by atoms with Crippen molar-refractivity contribution >= 4 is 34.5 Å². The topological polar surface area (TPSA) is 113 Å². The molecule has 0 aliphatic carbocycles. The zero-order valence-electron chi connectivity index (χ0n) is 20.1. The highest BCUT2D eigenvalue weighted by atomic mass is 32.2. The van der Waals surface area contributed by atoms with Crippen LogP contribution in [0.4, 0.5) is 5.95 Å². The number of aromatic nitrogens is 2. The zero-order chi connectivity index (χ0) is 25.2. The van der Waals surface area contributed by atoms with Crippen LogP contribution in [-0.2, 0) is 17.9 Å². The Morgan fingerprint density at radius 1 is 1.03 bits per heavy atom. The summed E-state index contributed by atoms with van der Waals surface area (Å²) in [5, 5.41) is 17.0. The van der Waals surface area contributed by atoms with Gasteiger partial charge in [0.2, 0.25) is 11.9 Å². The van der Waals surface area contributed by atoms with Gasteiger partial charge in [0, 0.05) is 34.5 Å². The molecule has 1 aliphatic rings. The van der Waals surface area contributed by atoms with Crippen LogP contribution in [0.2, 0.25) is 0 Å². The summed E-state index contributed by atoms with van der Waals surface area (Å²) in [5.74, 6) is 0.533. The van der Waals surface area contributed by atoms with E-state index < -0.39 is 0 Å². The average Bonchev–Trinajstić information content (AvgIpc) is 2.93. The minimum atomic E-state index is -0.165. The van der Waals surface area contributed by atoms with E-state index >= 15 is 0 Å². The second kappa shape index (κ2) is 13.0. The van der Waals surface area contributed by atoms with E-state index in [-0.39, 0.29) is 18.4 Å². The fourth-order valence-electron chi connectivity index (χ4n) is 3.93. The molecule has 1 amide bonds. The molecule has 5 N–H and O–H groups in total. The van der Waals surface area contributed by atoms with Gasteiger partial charge in [-0.3, -0.25) is 4.79 Å². The smallest absolute Gasteiger partial charge is 0.223 e. The number of hydrogen-bond donors (Lipinski definition) is 4. The van der Waals surface area contributed by atoms with Gasteiger partial charge in [0.15, 0.2) is 0 Å². The van der Waals surface area contributed by atoms with Crippen LogP contribution in [0.15, 0.2) is 88.8 Å². The minimum Gasteiger partial charge on any atom is -0.392 e. The Morgan fingerprint density at radius 3 is 2.42 bits per heavy atom. The molecule has 0 saturated carbocycles. The van der Waals surface area contributed by atoms with Crippen LogP contribution >= 0.6 is 11.8 Å². The van der Waals surface area contributed by atoms with Gasteiger partial charge in [0.25, 0.3) is 0 Å². The highest BCUT2D eigenvalue weighted by Gasteiger charge is 2.17. The van der Waals surface area contributed by atoms with Crippen molar-refractivity contribution in [2.45, 2.75) is 35.8 Å². The summed E-state index contributed by atoms with van der Waals surface area (Å²) < 4.78 is 0. The SMILES string of the molecule is NC(=O)C1CCCNC1.OCc1ccccc1Sc1ccccc1CNc1ncc2ccccc2n1. The van der Waals surface area contributed by atoms with Gasteiger partial charge in [-0.25, -0.2) is 9.97 Å². The van der Waals surface area contributed by atoms with Gasteiger partial charge >= 0.3 is 0 Å². The van der Waals surface area contributed by atoms with Crippen LogP contribution in [0.1, 0.15) is 24.0 Å². The van der Waals surface area contributed by atoms with E-state index in [2.05, 4.69) is 32.7 Å². The van der Waals surface area contributed by atoms with E-state index in [1.807, 2.05) is 66.9 Å². The van der Waals surface area contributed by atoms with Gasteiger partial charge in [-0.1, -0.05) is 66.4 Å². The number of fused-ring (bicyclic) bond motifs is 1. The van der Waals surface area contributed by atoms with E-state index in [0.29, 0.717) is 12.5 Å². The maximum Gasteiger partial charge on any atom is 0.223 e. The lowest BCUT2D eigenvalue weighted by molar-refractivity contribution is -0.122. The number of nitrogens with zero attached hydrogens (tertiary/aromatic N) is 2. The first-order chi connectivity index (χ1) is 17.6. The molecular weight excluding hydrogens is 470 g/mol. The number of carbonyl (C=O) groups excluding carboxylic acids is 1. The number of rotatable bonds is 7. The Balaban J connectivity index is 0.000000286. The molecule has 1 aromatic heterocycles. The summed E-state index contributed by atoms with van der Waals surface area (Å²) in [5.41, 5.74) is 8.11. The van der Waals surface area contributed by atoms with Crippen LogP contribution in [0.3, 0.4) is 0 Å². The molecule has 3 aromatic carbocycles. The number of anilines is 1. The van der Waals surface area contributed by atoms with Crippen molar-refractivity contribution in [3.05, 3.63) is 90.1 Å². The third-order valence-corrected chi connectivity index (χ3v) is 7.20. The number of primary amides is 1. The molecule has 1 fully saturated rings. The van der Waals surface area contributed by atoms with Crippen LogP contribution in [0.25, 0.3) is 10.9 Å². The summed E-state index contributed by atoms with van der Waals surface area (Å²) in [7, 11) is 0. The van der Waals surface area contributed by atoms with Crippen molar-refractivity contribution in [1.29, 1.82) is 0 Å². The maximum absolute atomic E-state index is 10.5. The summed E-state index contributed by atoms with van der Waals surface area (Å²) in [6, 6.07) is 24.1. The number of aliphatic hydroxyl groups excluding tert-OH is 1. The van der Waals surface area contributed by atoms with Gasteiger partial charge in [0.1, 0.15) is 0 Å². The Bertz CT molecular complexity index is 1290. The Labute approximate surface area is 215 Å². The molecule has 5 rings (SSSR count). The van der Waals surface area contributed by atoms with Crippen molar-refractivity contribution in [2.24, 2.45) is 11.7 Å². The molecule has 0 spiro atoms. The monoisotopic (exact) mass is 501 g/mol. The van der Waals surface area contributed by atoms with E-state index in [1.54, 1.807) is 11.8 Å². The number of benzene rings is 3. The second-order valence-electron chi connectivity index (χ2n) is 8.53. The standard InChI is InChI=1S/C22H19N3OS.C6H12N2O/c26-15-18-9-3-6-12-21(18)27-20-11-5-2-8-17(20)14-24-22-23-13-16-7-1-4-10-19(16)25-22;7-6(9)5-2-1-3-8-4-5/h1-13,26H,14-15H2,(H,23,24,25);5,8H,1-4H2,(H2,7,9). The Kier molecular flexibility index (Phi) is 9.27. The number of para-hydroxylation sites is 1. The van der Waals surface area contributed by atoms with Crippen LogP contribution in [0.5, 0.6) is 0 Å². The molecule has 1 unspecified atom stereocenters. The van der Waals surface area contributed by atoms with Gasteiger partial charge < -0.3 is 21.5 Å². The third kappa shape index (κ3) is 7.04. The molecule has 36 heavy (non-hydrogen) atoms. The molecule has 7 nitrogen and oxygen atoms in total. The lowest BCUT2D eigenvalue weighted by Gasteiger charge is -2.18. The zero-order valence-corrected chi connectivity index (χ0v) is 20.9. The van der Waals surface area contributed by atoms with Crippen molar-refractivity contribution in [1.82, 2.24) is 15.3 Å². The molecule has 4 aromatic rings. The molecule has 1 saturated heterocycles. The van der Waals surface area contributed by atoms with Crippen molar-refractivity contribution < 1.29 is 9.90 Å². The van der Waals surface area contributed by atoms with Crippen molar-refractivity contribution in [3.8, 4) is 0 Å². The predicted molar refractivity (Wildman–Crippen MR) is 145 cm³/mol. The molecule has 1 aliphatic heterocycles. The summed E-state index contributed by atoms with van der Waals surface area (Å²) >= 11 is 1.66. The molecular formula is C28H31N5O2S. The number of amides is 1. The maximum atomic E-state index is 10.5. The van der Waals surface area contributed by atoms with Crippen LogP contribution in [0, 0.1) is 5.92 Å². The number of carbonyl (C=O) groups is 1. The van der Waals surface area contributed by atoms with Crippen molar-refractivity contribution in [2.75, 3.05) is 18.4 Å². The van der Waals surface area contributed by atoms with E-state index in [0.717, 1.165) is 57.8 Å². The molecule has 0 bridgehead atoms. The van der Waals surface area contributed by atoms with Gasteiger partial charge in [-0.05, 0) is 48.7 Å². The Morgan fingerprint density at radius 2 is 1.72 bits per heavy atom. The van der Waals surface area contributed by atoms with Gasteiger partial charge in [-0.15, -0.1) is 0 Å². The van der Waals surface area contributed by atoms with E-state index in [4.69, 9.17) is 5.73 Å². The number of aliphatic hydroxyl groups is 1. The first-order valence-corrected chi connectivity index (χ1v) is 12.9. The van der Waals surface area contributed by atoms with Gasteiger partial charge in [-0.2, -0.15) is 0 Å². The molecule has 1 atom stereocenters. The largest absolute Gasteiger partial charge is 0.392 e. The molecule has 8 heteroatoms. The summed E-state index contributed by atoms with van der Waals surface area (Å²) in [6.07, 6.45) is 3.87. The number of hydrogen-bond acceptors (Lipinski definition) is 7. The Hall–Kier alpha value is -3.46. The normalized spacial score (nSPS) is 15.1. The first kappa shape index (κ1) is 25.6. The van der Waals surface area contributed by atoms with Crippen molar-refractivity contribution in [3.63, 3.8) is 0 Å². The predicted octanol–water partition coefficient (Wildman–Crippen LogP) is 4.36.